The number of nitrogens with zero attached hydrogens (tertiary/aromatic N) is 4. The number of fused-ring (bicyclic) bond motifs is 2. The zero-order chi connectivity index (χ0) is 22.9. The molecule has 1 aromatic carbocycles. The summed E-state index contributed by atoms with van der Waals surface area (Å²) >= 11 is 1.83. The molecule has 3 aromatic heterocycles. The van der Waals surface area contributed by atoms with Gasteiger partial charge in [-0.05, 0) is 59.8 Å². The third-order valence-electron chi connectivity index (χ3n) is 7.26. The van der Waals surface area contributed by atoms with Crippen molar-refractivity contribution in [2.45, 2.75) is 38.8 Å². The number of H-pyrrole nitrogens is 1. The fourth-order valence-corrected chi connectivity index (χ4v) is 6.44. The molecule has 0 spiro atoms. The Balaban J connectivity index is 1.10. The predicted molar refractivity (Wildman–Crippen MR) is 135 cm³/mol. The Morgan fingerprint density at radius 1 is 1.15 bits per heavy atom. The Bertz CT molecular complexity index is 1300. The summed E-state index contributed by atoms with van der Waals surface area (Å²) in [6.45, 7) is 4.50. The summed E-state index contributed by atoms with van der Waals surface area (Å²) in [5.41, 5.74) is 5.72. The monoisotopic (exact) mass is 471 g/mol. The lowest BCUT2D eigenvalue weighted by Gasteiger charge is -2.34. The first kappa shape index (κ1) is 21.5. The van der Waals surface area contributed by atoms with Crippen LogP contribution in [0.15, 0.2) is 54.2 Å². The number of hydrogen-bond donors (Lipinski definition) is 1. The third kappa shape index (κ3) is 4.26. The smallest absolute Gasteiger partial charge is 0.223 e. The number of thiophene rings is 1. The predicted octanol–water partition coefficient (Wildman–Crippen LogP) is 4.87. The van der Waals surface area contributed by atoms with Gasteiger partial charge in [-0.25, -0.2) is 0 Å². The van der Waals surface area contributed by atoms with Crippen molar-refractivity contribution in [2.75, 3.05) is 19.6 Å². The molecule has 5 heterocycles. The maximum atomic E-state index is 13.3. The van der Waals surface area contributed by atoms with Crippen molar-refractivity contribution in [3.8, 4) is 11.3 Å². The van der Waals surface area contributed by atoms with Crippen LogP contribution in [0.2, 0.25) is 0 Å². The van der Waals surface area contributed by atoms with E-state index in [4.69, 9.17) is 0 Å². The second-order valence-electron chi connectivity index (χ2n) is 9.54. The van der Waals surface area contributed by atoms with Crippen LogP contribution in [0.3, 0.4) is 0 Å². The number of carbonyl (C=O) groups is 1. The summed E-state index contributed by atoms with van der Waals surface area (Å²) in [5, 5.41) is 11.4. The molecule has 1 amide bonds. The van der Waals surface area contributed by atoms with Crippen molar-refractivity contribution < 1.29 is 4.79 Å². The van der Waals surface area contributed by atoms with Crippen molar-refractivity contribution in [1.29, 1.82) is 0 Å². The van der Waals surface area contributed by atoms with Crippen molar-refractivity contribution in [2.24, 2.45) is 5.92 Å². The second kappa shape index (κ2) is 9.31. The van der Waals surface area contributed by atoms with Crippen molar-refractivity contribution in [3.05, 3.63) is 71.0 Å². The van der Waals surface area contributed by atoms with E-state index >= 15 is 0 Å². The summed E-state index contributed by atoms with van der Waals surface area (Å²) in [4.78, 5) is 22.0. The normalized spacial score (nSPS) is 18.8. The molecule has 2 aliphatic rings. The lowest BCUT2D eigenvalue weighted by Crippen LogP contribution is -2.40. The molecule has 6 rings (SSSR count). The minimum atomic E-state index is 0.278. The molecule has 1 atom stereocenters. The highest BCUT2D eigenvalue weighted by Crippen LogP contribution is 2.31. The summed E-state index contributed by atoms with van der Waals surface area (Å²) < 4.78 is 1.36. The maximum absolute atomic E-state index is 13.3. The van der Waals surface area contributed by atoms with Gasteiger partial charge < -0.3 is 4.90 Å². The number of nitrogens with one attached hydrogen (secondary N) is 1. The number of piperidine rings is 1. The molecule has 0 unspecified atom stereocenters. The van der Waals surface area contributed by atoms with E-state index < -0.39 is 0 Å². The minimum Gasteiger partial charge on any atom is -0.338 e. The molecule has 0 saturated carbocycles. The molecule has 6 nitrogen and oxygen atoms in total. The van der Waals surface area contributed by atoms with E-state index in [2.05, 4.69) is 49.7 Å². The Morgan fingerprint density at radius 3 is 2.94 bits per heavy atom. The number of carbonyl (C=O) groups excluding carboxylic acids is 1. The lowest BCUT2D eigenvalue weighted by molar-refractivity contribution is -0.133. The molecule has 4 aromatic rings. The topological polar surface area (TPSA) is 65.1 Å². The molecule has 0 radical (unpaired) electrons. The van der Waals surface area contributed by atoms with Gasteiger partial charge in [0.1, 0.15) is 0 Å². The van der Waals surface area contributed by atoms with E-state index in [0.717, 1.165) is 68.0 Å². The molecule has 1 saturated heterocycles. The van der Waals surface area contributed by atoms with Gasteiger partial charge in [0, 0.05) is 72.9 Å². The van der Waals surface area contributed by atoms with E-state index in [1.54, 1.807) is 12.4 Å². The summed E-state index contributed by atoms with van der Waals surface area (Å²) in [6, 6.07) is 12.6. The molecule has 174 valence electrons. The highest BCUT2D eigenvalue weighted by molar-refractivity contribution is 7.17. The first-order valence-corrected chi connectivity index (χ1v) is 13.0. The van der Waals surface area contributed by atoms with Gasteiger partial charge in [-0.2, -0.15) is 5.10 Å². The van der Waals surface area contributed by atoms with Gasteiger partial charge in [-0.15, -0.1) is 11.3 Å². The van der Waals surface area contributed by atoms with Crippen LogP contribution in [-0.2, 0) is 24.3 Å². The highest BCUT2D eigenvalue weighted by atomic mass is 32.1. The second-order valence-corrected chi connectivity index (χ2v) is 10.4. The number of pyridine rings is 1. The quantitative estimate of drug-likeness (QED) is 0.451. The molecular weight excluding hydrogens is 442 g/mol. The van der Waals surface area contributed by atoms with E-state index in [-0.39, 0.29) is 5.91 Å². The Labute approximate surface area is 203 Å². The van der Waals surface area contributed by atoms with Gasteiger partial charge in [-0.3, -0.25) is 19.8 Å². The zero-order valence-electron chi connectivity index (χ0n) is 19.2. The van der Waals surface area contributed by atoms with Crippen LogP contribution in [-0.4, -0.2) is 50.5 Å². The van der Waals surface area contributed by atoms with Crippen LogP contribution in [0.4, 0.5) is 0 Å². The zero-order valence-corrected chi connectivity index (χ0v) is 20.1. The first-order chi connectivity index (χ1) is 16.7. The van der Waals surface area contributed by atoms with Crippen LogP contribution in [0.25, 0.3) is 21.3 Å². The maximum Gasteiger partial charge on any atom is 0.223 e. The molecule has 1 fully saturated rings. The summed E-state index contributed by atoms with van der Waals surface area (Å²) in [5.74, 6) is 0.705. The number of benzene rings is 1. The molecule has 1 N–H and O–H groups in total. The summed E-state index contributed by atoms with van der Waals surface area (Å²) in [7, 11) is 0. The lowest BCUT2D eigenvalue weighted by atomic mass is 9.93. The van der Waals surface area contributed by atoms with E-state index in [0.29, 0.717) is 18.9 Å². The standard InChI is InChI=1S/C27H29N5OS/c33-26(32-13-9-24-23(17-32)27(30-29-24)20-7-10-28-11-8-20)14-19-4-3-12-31(15-19)16-21-18-34-25-6-2-1-5-22(21)25/h1-2,5-8,10-11,18-19H,3-4,9,12-17H2,(H,29,30)/t19-/m0/s1. The fourth-order valence-electron chi connectivity index (χ4n) is 5.49. The molecular formula is C27H29N5OS. The van der Waals surface area contributed by atoms with Crippen LogP contribution in [0, 0.1) is 5.92 Å². The van der Waals surface area contributed by atoms with Crippen LogP contribution in [0.1, 0.15) is 36.1 Å². The molecule has 34 heavy (non-hydrogen) atoms. The Morgan fingerprint density at radius 2 is 2.03 bits per heavy atom. The SMILES string of the molecule is O=C(C[C@@H]1CCCN(Cc2csc3ccccc23)C1)N1CCc2[nH]nc(-c3ccncc3)c2C1. The highest BCUT2D eigenvalue weighted by Gasteiger charge is 2.29. The van der Waals surface area contributed by atoms with Crippen molar-refractivity contribution in [3.63, 3.8) is 0 Å². The van der Waals surface area contributed by atoms with Gasteiger partial charge in [-0.1, -0.05) is 18.2 Å². The van der Waals surface area contributed by atoms with Gasteiger partial charge in [0.15, 0.2) is 0 Å². The molecule has 7 heteroatoms. The van der Waals surface area contributed by atoms with Gasteiger partial charge in [0.25, 0.3) is 0 Å². The fraction of sp³-hybridized carbons (Fsp3) is 0.370. The number of aromatic amines is 1. The van der Waals surface area contributed by atoms with Crippen LogP contribution >= 0.6 is 11.3 Å². The van der Waals surface area contributed by atoms with Gasteiger partial charge in [0.2, 0.25) is 5.91 Å². The molecule has 0 aliphatic carbocycles. The third-order valence-corrected chi connectivity index (χ3v) is 8.27. The van der Waals surface area contributed by atoms with E-state index in [9.17, 15) is 4.79 Å². The average molecular weight is 472 g/mol. The van der Waals surface area contributed by atoms with Gasteiger partial charge in [0.05, 0.1) is 5.69 Å². The number of amides is 1. The van der Waals surface area contributed by atoms with Crippen LogP contribution in [0.5, 0.6) is 0 Å². The van der Waals surface area contributed by atoms with Gasteiger partial charge >= 0.3 is 0 Å². The number of likely N-dealkylation sites (tertiary alicyclic amines) is 1. The Hall–Kier alpha value is -3.03. The summed E-state index contributed by atoms with van der Waals surface area (Å²) in [6.07, 6.45) is 7.35. The van der Waals surface area contributed by atoms with E-state index in [1.807, 2.05) is 28.4 Å². The largest absolute Gasteiger partial charge is 0.338 e. The van der Waals surface area contributed by atoms with Crippen LogP contribution < -0.4 is 0 Å². The van der Waals surface area contributed by atoms with E-state index in [1.165, 1.54) is 15.6 Å². The minimum absolute atomic E-state index is 0.278. The van der Waals surface area contributed by atoms with Crippen molar-refractivity contribution in [1.82, 2.24) is 25.0 Å². The number of hydrogen-bond acceptors (Lipinski definition) is 5. The number of aromatic nitrogens is 3. The average Bonchev–Trinajstić information content (AvgIpc) is 3.49. The Kier molecular flexibility index (Phi) is 5.89. The number of rotatable bonds is 5. The first-order valence-electron chi connectivity index (χ1n) is 12.2. The molecule has 2 aliphatic heterocycles. The van der Waals surface area contributed by atoms with Crippen molar-refractivity contribution >= 4 is 27.3 Å². The molecule has 0 bridgehead atoms.